The maximum absolute atomic E-state index is 5.29. The van der Waals surface area contributed by atoms with Gasteiger partial charge in [-0.25, -0.2) is 0 Å². The van der Waals surface area contributed by atoms with Gasteiger partial charge >= 0.3 is 0 Å². The zero-order valence-electron chi connectivity index (χ0n) is 8.27. The molecule has 0 heterocycles. The van der Waals surface area contributed by atoms with E-state index in [4.69, 9.17) is 9.47 Å². The van der Waals surface area contributed by atoms with E-state index >= 15 is 0 Å². The summed E-state index contributed by atoms with van der Waals surface area (Å²) >= 11 is 2.25. The van der Waals surface area contributed by atoms with Crippen molar-refractivity contribution in [3.05, 3.63) is 20.8 Å². The first-order valence-corrected chi connectivity index (χ1v) is 5.07. The van der Waals surface area contributed by atoms with Gasteiger partial charge in [-0.15, -0.1) is 0 Å². The third-order valence-electron chi connectivity index (χ3n) is 2.17. The largest absolute Gasteiger partial charge is 0.496 e. The van der Waals surface area contributed by atoms with Crippen molar-refractivity contribution in [1.82, 2.24) is 0 Å². The van der Waals surface area contributed by atoms with E-state index in [0.717, 1.165) is 26.2 Å². The van der Waals surface area contributed by atoms with Crippen molar-refractivity contribution in [3.63, 3.8) is 0 Å². The summed E-state index contributed by atoms with van der Waals surface area (Å²) in [6, 6.07) is 1.99. The minimum atomic E-state index is 0.919. The van der Waals surface area contributed by atoms with E-state index in [0.29, 0.717) is 0 Å². The highest BCUT2D eigenvalue weighted by atomic mass is 127. The van der Waals surface area contributed by atoms with Gasteiger partial charge in [-0.05, 0) is 53.6 Å². The van der Waals surface area contributed by atoms with Crippen LogP contribution in [0.1, 0.15) is 11.1 Å². The Morgan fingerprint density at radius 1 is 1.08 bits per heavy atom. The molecule has 0 fully saturated rings. The molecule has 0 aromatic heterocycles. The summed E-state index contributed by atoms with van der Waals surface area (Å²) in [6.07, 6.45) is 0. The van der Waals surface area contributed by atoms with Crippen LogP contribution in [0.2, 0.25) is 0 Å². The fourth-order valence-corrected chi connectivity index (χ4v) is 2.19. The Hall–Kier alpha value is -0.450. The van der Waals surface area contributed by atoms with Crippen LogP contribution in [0.5, 0.6) is 11.5 Å². The summed E-state index contributed by atoms with van der Waals surface area (Å²) in [4.78, 5) is 0. The van der Waals surface area contributed by atoms with Crippen molar-refractivity contribution >= 4 is 22.6 Å². The molecular weight excluding hydrogens is 279 g/mol. The van der Waals surface area contributed by atoms with E-state index in [1.807, 2.05) is 19.9 Å². The number of benzene rings is 1. The van der Waals surface area contributed by atoms with Crippen molar-refractivity contribution in [3.8, 4) is 11.5 Å². The van der Waals surface area contributed by atoms with Crippen molar-refractivity contribution < 1.29 is 9.47 Å². The summed E-state index contributed by atoms with van der Waals surface area (Å²) in [7, 11) is 3.38. The highest BCUT2D eigenvalue weighted by molar-refractivity contribution is 14.1. The lowest BCUT2D eigenvalue weighted by Gasteiger charge is -2.13. The van der Waals surface area contributed by atoms with Crippen LogP contribution < -0.4 is 9.47 Å². The Bertz CT molecular complexity index is 321. The molecule has 72 valence electrons. The van der Waals surface area contributed by atoms with Crippen LogP contribution in [0.25, 0.3) is 0 Å². The molecule has 0 aliphatic heterocycles. The first-order chi connectivity index (χ1) is 6.11. The summed E-state index contributed by atoms with van der Waals surface area (Å²) in [5, 5.41) is 0. The first kappa shape index (κ1) is 10.6. The molecule has 0 radical (unpaired) electrons. The molecule has 0 aliphatic carbocycles. The van der Waals surface area contributed by atoms with Crippen LogP contribution in [0, 0.1) is 17.4 Å². The molecule has 0 unspecified atom stereocenters. The minimum Gasteiger partial charge on any atom is -0.496 e. The summed E-state index contributed by atoms with van der Waals surface area (Å²) < 4.78 is 11.6. The van der Waals surface area contributed by atoms with Crippen molar-refractivity contribution in [2.24, 2.45) is 0 Å². The summed E-state index contributed by atoms with van der Waals surface area (Å²) in [5.41, 5.74) is 2.28. The lowest BCUT2D eigenvalue weighted by molar-refractivity contribution is 0.395. The fourth-order valence-electron chi connectivity index (χ4n) is 1.29. The standard InChI is InChI=1S/C10H13IO2/c1-6-7(2)10(13-4)8(11)5-9(6)12-3/h5H,1-4H3. The second-order valence-electron chi connectivity index (χ2n) is 2.84. The monoisotopic (exact) mass is 292 g/mol. The van der Waals surface area contributed by atoms with Crippen LogP contribution in [0.4, 0.5) is 0 Å². The van der Waals surface area contributed by atoms with Crippen molar-refractivity contribution in [1.29, 1.82) is 0 Å². The molecule has 0 spiro atoms. The van der Waals surface area contributed by atoms with Gasteiger partial charge in [0.15, 0.2) is 0 Å². The highest BCUT2D eigenvalue weighted by Crippen LogP contribution is 2.33. The lowest BCUT2D eigenvalue weighted by atomic mass is 10.1. The quantitative estimate of drug-likeness (QED) is 0.780. The zero-order chi connectivity index (χ0) is 10.0. The molecule has 3 heteroatoms. The number of hydrogen-bond donors (Lipinski definition) is 0. The Morgan fingerprint density at radius 2 is 1.69 bits per heavy atom. The molecule has 0 amide bonds. The van der Waals surface area contributed by atoms with Gasteiger partial charge in [0.1, 0.15) is 11.5 Å². The third-order valence-corrected chi connectivity index (χ3v) is 2.97. The van der Waals surface area contributed by atoms with Crippen molar-refractivity contribution in [2.45, 2.75) is 13.8 Å². The van der Waals surface area contributed by atoms with Crippen LogP contribution >= 0.6 is 22.6 Å². The fraction of sp³-hybridized carbons (Fsp3) is 0.400. The van der Waals surface area contributed by atoms with Crippen LogP contribution in [0.15, 0.2) is 6.07 Å². The van der Waals surface area contributed by atoms with Gasteiger partial charge in [0.25, 0.3) is 0 Å². The molecule has 0 aliphatic rings. The summed E-state index contributed by atoms with van der Waals surface area (Å²) in [6.45, 7) is 4.08. The Labute approximate surface area is 92.4 Å². The molecular formula is C10H13IO2. The maximum atomic E-state index is 5.29. The second kappa shape index (κ2) is 4.17. The number of ether oxygens (including phenoxy) is 2. The minimum absolute atomic E-state index is 0.919. The van der Waals surface area contributed by atoms with Gasteiger partial charge in [-0.2, -0.15) is 0 Å². The first-order valence-electron chi connectivity index (χ1n) is 3.99. The van der Waals surface area contributed by atoms with Crippen LogP contribution in [-0.4, -0.2) is 14.2 Å². The molecule has 0 saturated heterocycles. The lowest BCUT2D eigenvalue weighted by Crippen LogP contribution is -1.96. The summed E-state index contributed by atoms with van der Waals surface area (Å²) in [5.74, 6) is 1.86. The van der Waals surface area contributed by atoms with E-state index in [9.17, 15) is 0 Å². The van der Waals surface area contributed by atoms with Gasteiger partial charge < -0.3 is 9.47 Å². The van der Waals surface area contributed by atoms with E-state index in [1.54, 1.807) is 14.2 Å². The maximum Gasteiger partial charge on any atom is 0.135 e. The average Bonchev–Trinajstić information content (AvgIpc) is 2.12. The molecule has 1 aromatic carbocycles. The number of methoxy groups -OCH3 is 2. The second-order valence-corrected chi connectivity index (χ2v) is 4.01. The van der Waals surface area contributed by atoms with E-state index in [2.05, 4.69) is 22.6 Å². The molecule has 13 heavy (non-hydrogen) atoms. The van der Waals surface area contributed by atoms with Gasteiger partial charge in [0, 0.05) is 0 Å². The Kier molecular flexibility index (Phi) is 3.41. The molecule has 0 bridgehead atoms. The highest BCUT2D eigenvalue weighted by Gasteiger charge is 2.11. The number of hydrogen-bond acceptors (Lipinski definition) is 2. The molecule has 2 nitrogen and oxygen atoms in total. The molecule has 0 atom stereocenters. The van der Waals surface area contributed by atoms with E-state index in [-0.39, 0.29) is 0 Å². The molecule has 0 saturated carbocycles. The smallest absolute Gasteiger partial charge is 0.135 e. The topological polar surface area (TPSA) is 18.5 Å². The molecule has 1 rings (SSSR count). The Balaban J connectivity index is 3.37. The van der Waals surface area contributed by atoms with Gasteiger partial charge in [0.05, 0.1) is 17.8 Å². The SMILES string of the molecule is COc1cc(I)c(OC)c(C)c1C. The van der Waals surface area contributed by atoms with E-state index < -0.39 is 0 Å². The average molecular weight is 292 g/mol. The molecule has 0 N–H and O–H groups in total. The van der Waals surface area contributed by atoms with E-state index in [1.165, 1.54) is 0 Å². The molecule has 1 aromatic rings. The van der Waals surface area contributed by atoms with Gasteiger partial charge in [-0.1, -0.05) is 0 Å². The Morgan fingerprint density at radius 3 is 2.15 bits per heavy atom. The normalized spacial score (nSPS) is 9.92. The zero-order valence-corrected chi connectivity index (χ0v) is 10.4. The predicted molar refractivity (Wildman–Crippen MR) is 61.7 cm³/mol. The van der Waals surface area contributed by atoms with Crippen LogP contribution in [-0.2, 0) is 0 Å². The number of halogens is 1. The number of rotatable bonds is 2. The third kappa shape index (κ3) is 1.90. The predicted octanol–water partition coefficient (Wildman–Crippen LogP) is 2.93. The van der Waals surface area contributed by atoms with Gasteiger partial charge in [0.2, 0.25) is 0 Å². The van der Waals surface area contributed by atoms with Crippen LogP contribution in [0.3, 0.4) is 0 Å². The van der Waals surface area contributed by atoms with Gasteiger partial charge in [-0.3, -0.25) is 0 Å². The van der Waals surface area contributed by atoms with Crippen molar-refractivity contribution in [2.75, 3.05) is 14.2 Å².